The van der Waals surface area contributed by atoms with Gasteiger partial charge in [0.05, 0.1) is 34.7 Å². The molecule has 1 atom stereocenters. The molecule has 0 radical (unpaired) electrons. The van der Waals surface area contributed by atoms with Gasteiger partial charge in [-0.15, -0.1) is 11.3 Å². The van der Waals surface area contributed by atoms with Gasteiger partial charge < -0.3 is 10.1 Å². The van der Waals surface area contributed by atoms with Crippen LogP contribution < -0.4 is 10.1 Å². The van der Waals surface area contributed by atoms with Crippen LogP contribution in [0.5, 0.6) is 5.75 Å². The second-order valence-electron chi connectivity index (χ2n) is 6.95. The number of hydrogen-bond acceptors (Lipinski definition) is 6. The first-order valence-corrected chi connectivity index (χ1v) is 12.1. The van der Waals surface area contributed by atoms with Crippen molar-refractivity contribution in [3.8, 4) is 16.3 Å². The van der Waals surface area contributed by atoms with Gasteiger partial charge in [-0.25, -0.2) is 12.8 Å². The normalized spacial score (nSPS) is 17.7. The van der Waals surface area contributed by atoms with Crippen LogP contribution in [0.15, 0.2) is 47.8 Å². The van der Waals surface area contributed by atoms with Crippen molar-refractivity contribution in [2.24, 2.45) is 0 Å². The summed E-state index contributed by atoms with van der Waals surface area (Å²) in [5.74, 6) is -0.0427. The SMILES string of the molecule is O=C(NCCOc1ccc(F)cc1)c1cc(-c2cccs2)n([C@H]2CCS(=O)(=O)C2)n1. The Balaban J connectivity index is 1.43. The molecular weight excluding hydrogens is 429 g/mol. The summed E-state index contributed by atoms with van der Waals surface area (Å²) < 4.78 is 43.9. The van der Waals surface area contributed by atoms with Gasteiger partial charge in [-0.1, -0.05) is 6.07 Å². The minimum Gasteiger partial charge on any atom is -0.492 e. The molecule has 3 aromatic rings. The van der Waals surface area contributed by atoms with Crippen molar-refractivity contribution in [1.29, 1.82) is 0 Å². The predicted octanol–water partition coefficient (Wildman–Crippen LogP) is 2.92. The fourth-order valence-corrected chi connectivity index (χ4v) is 5.74. The Labute approximate surface area is 177 Å². The highest BCUT2D eigenvalue weighted by molar-refractivity contribution is 7.91. The van der Waals surface area contributed by atoms with Crippen molar-refractivity contribution >= 4 is 27.1 Å². The van der Waals surface area contributed by atoms with Crippen molar-refractivity contribution in [2.45, 2.75) is 12.5 Å². The van der Waals surface area contributed by atoms with Gasteiger partial charge in [-0.05, 0) is 48.2 Å². The van der Waals surface area contributed by atoms with E-state index >= 15 is 0 Å². The molecule has 1 N–H and O–H groups in total. The van der Waals surface area contributed by atoms with Crippen molar-refractivity contribution in [1.82, 2.24) is 15.1 Å². The summed E-state index contributed by atoms with van der Waals surface area (Å²) in [7, 11) is -3.08. The van der Waals surface area contributed by atoms with Crippen molar-refractivity contribution in [3.05, 3.63) is 59.4 Å². The van der Waals surface area contributed by atoms with E-state index in [0.717, 1.165) is 10.6 Å². The molecule has 1 aliphatic heterocycles. The number of amides is 1. The number of carbonyl (C=O) groups is 1. The number of nitrogens with zero attached hydrogens (tertiary/aromatic N) is 2. The monoisotopic (exact) mass is 449 g/mol. The number of rotatable bonds is 7. The highest BCUT2D eigenvalue weighted by Crippen LogP contribution is 2.32. The van der Waals surface area contributed by atoms with Gasteiger partial charge in [0.15, 0.2) is 15.5 Å². The number of carbonyl (C=O) groups excluding carboxylic acids is 1. The molecular formula is C20H20FN3O4S2. The standard InChI is InChI=1S/C20H20FN3O4S2/c21-14-3-5-16(6-4-14)28-9-8-22-20(25)17-12-18(19-2-1-10-29-19)24(23-17)15-7-11-30(26,27)13-15/h1-6,10,12,15H,7-9,11,13H2,(H,22,25)/t15-/m0/s1. The number of nitrogens with one attached hydrogen (secondary N) is 1. The Kier molecular flexibility index (Phi) is 5.87. The zero-order chi connectivity index (χ0) is 21.1. The molecule has 10 heteroatoms. The predicted molar refractivity (Wildman–Crippen MR) is 112 cm³/mol. The van der Waals surface area contributed by atoms with Gasteiger partial charge in [0.1, 0.15) is 18.2 Å². The Morgan fingerprint density at radius 1 is 1.30 bits per heavy atom. The maximum atomic E-state index is 12.9. The van der Waals surface area contributed by atoms with Crippen molar-refractivity contribution in [3.63, 3.8) is 0 Å². The molecule has 3 heterocycles. The van der Waals surface area contributed by atoms with Crippen LogP contribution >= 0.6 is 11.3 Å². The lowest BCUT2D eigenvalue weighted by Crippen LogP contribution is -2.28. The largest absolute Gasteiger partial charge is 0.492 e. The third-order valence-electron chi connectivity index (χ3n) is 4.77. The molecule has 0 saturated carbocycles. The zero-order valence-corrected chi connectivity index (χ0v) is 17.6. The maximum Gasteiger partial charge on any atom is 0.271 e. The van der Waals surface area contributed by atoms with Gasteiger partial charge in [-0.2, -0.15) is 5.10 Å². The lowest BCUT2D eigenvalue weighted by molar-refractivity contribution is 0.0941. The highest BCUT2D eigenvalue weighted by Gasteiger charge is 2.32. The van der Waals surface area contributed by atoms with Gasteiger partial charge in [0, 0.05) is 0 Å². The number of ether oxygens (including phenoxy) is 1. The average molecular weight is 450 g/mol. The molecule has 1 saturated heterocycles. The maximum absolute atomic E-state index is 12.9. The number of sulfone groups is 1. The van der Waals surface area contributed by atoms with Gasteiger partial charge in [-0.3, -0.25) is 9.48 Å². The Bertz CT molecular complexity index is 1130. The minimum absolute atomic E-state index is 0.0274. The molecule has 2 aromatic heterocycles. The Morgan fingerprint density at radius 3 is 2.77 bits per heavy atom. The molecule has 158 valence electrons. The van der Waals surface area contributed by atoms with Crippen LogP contribution in [-0.2, 0) is 9.84 Å². The first-order chi connectivity index (χ1) is 14.4. The smallest absolute Gasteiger partial charge is 0.271 e. The second kappa shape index (κ2) is 8.57. The Hall–Kier alpha value is -2.72. The summed E-state index contributed by atoms with van der Waals surface area (Å²) in [6.45, 7) is 0.464. The van der Waals surface area contributed by atoms with Crippen LogP contribution in [0.4, 0.5) is 4.39 Å². The molecule has 0 aliphatic carbocycles. The van der Waals surface area contributed by atoms with Crippen LogP contribution in [0.2, 0.25) is 0 Å². The van der Waals surface area contributed by atoms with E-state index in [1.807, 2.05) is 17.5 Å². The highest BCUT2D eigenvalue weighted by atomic mass is 32.2. The third kappa shape index (κ3) is 4.71. The van der Waals surface area contributed by atoms with E-state index < -0.39 is 9.84 Å². The number of hydrogen-bond donors (Lipinski definition) is 1. The fourth-order valence-electron chi connectivity index (χ4n) is 3.32. The van der Waals surface area contributed by atoms with E-state index in [-0.39, 0.29) is 48.1 Å². The average Bonchev–Trinajstić information content (AvgIpc) is 3.45. The number of halogens is 1. The van der Waals surface area contributed by atoms with Crippen molar-refractivity contribution < 1.29 is 22.3 Å². The second-order valence-corrected chi connectivity index (χ2v) is 10.1. The molecule has 0 spiro atoms. The molecule has 0 bridgehead atoms. The van der Waals surface area contributed by atoms with Crippen LogP contribution in [0.25, 0.3) is 10.6 Å². The summed E-state index contributed by atoms with van der Waals surface area (Å²) >= 11 is 1.51. The zero-order valence-electron chi connectivity index (χ0n) is 16.0. The first kappa shape index (κ1) is 20.5. The molecule has 1 amide bonds. The van der Waals surface area contributed by atoms with Gasteiger partial charge in [0.25, 0.3) is 5.91 Å². The summed E-state index contributed by atoms with van der Waals surface area (Å²) in [6.07, 6.45) is 0.481. The van der Waals surface area contributed by atoms with Crippen LogP contribution in [0, 0.1) is 5.82 Å². The van der Waals surface area contributed by atoms with Crippen LogP contribution in [-0.4, -0.2) is 48.8 Å². The summed E-state index contributed by atoms with van der Waals surface area (Å²) in [5, 5.41) is 9.09. The molecule has 1 aromatic carbocycles. The van der Waals surface area contributed by atoms with E-state index in [9.17, 15) is 17.6 Å². The van der Waals surface area contributed by atoms with E-state index in [0.29, 0.717) is 12.2 Å². The van der Waals surface area contributed by atoms with E-state index in [2.05, 4.69) is 10.4 Å². The third-order valence-corrected chi connectivity index (χ3v) is 7.41. The van der Waals surface area contributed by atoms with Crippen molar-refractivity contribution in [2.75, 3.05) is 24.7 Å². The molecule has 1 aliphatic rings. The van der Waals surface area contributed by atoms with Crippen LogP contribution in [0.3, 0.4) is 0 Å². The Morgan fingerprint density at radius 2 is 2.10 bits per heavy atom. The van der Waals surface area contributed by atoms with E-state index in [1.165, 1.54) is 35.6 Å². The first-order valence-electron chi connectivity index (χ1n) is 9.42. The fraction of sp³-hybridized carbons (Fsp3) is 0.300. The number of aromatic nitrogens is 2. The van der Waals surface area contributed by atoms with E-state index in [4.69, 9.17) is 4.74 Å². The van der Waals surface area contributed by atoms with Gasteiger partial charge in [0.2, 0.25) is 0 Å². The van der Waals surface area contributed by atoms with Crippen LogP contribution in [0.1, 0.15) is 23.0 Å². The van der Waals surface area contributed by atoms with E-state index in [1.54, 1.807) is 10.7 Å². The lowest BCUT2D eigenvalue weighted by atomic mass is 10.2. The summed E-state index contributed by atoms with van der Waals surface area (Å²) in [6, 6.07) is 10.9. The molecule has 1 fully saturated rings. The van der Waals surface area contributed by atoms with Gasteiger partial charge >= 0.3 is 0 Å². The quantitative estimate of drug-likeness (QED) is 0.560. The lowest BCUT2D eigenvalue weighted by Gasteiger charge is -2.12. The number of thiophene rings is 1. The topological polar surface area (TPSA) is 90.3 Å². The number of benzene rings is 1. The molecule has 30 heavy (non-hydrogen) atoms. The summed E-state index contributed by atoms with van der Waals surface area (Å²) in [4.78, 5) is 13.5. The molecule has 0 unspecified atom stereocenters. The summed E-state index contributed by atoms with van der Waals surface area (Å²) in [5.41, 5.74) is 0.962. The molecule has 4 rings (SSSR count). The minimum atomic E-state index is -3.08. The molecule has 7 nitrogen and oxygen atoms in total.